The molecule has 0 bridgehead atoms. The summed E-state index contributed by atoms with van der Waals surface area (Å²) in [6.45, 7) is 6.63. The fourth-order valence-corrected chi connectivity index (χ4v) is 3.31. The number of nitrogens with two attached hydrogens (primary N) is 1. The summed E-state index contributed by atoms with van der Waals surface area (Å²) in [5, 5.41) is 0. The van der Waals surface area contributed by atoms with E-state index in [1.54, 1.807) is 18.2 Å². The number of benzene rings is 2. The van der Waals surface area contributed by atoms with Gasteiger partial charge in [0.15, 0.2) is 0 Å². The first-order chi connectivity index (χ1) is 10.0. The molecule has 2 aromatic rings. The summed E-state index contributed by atoms with van der Waals surface area (Å²) in [4.78, 5) is 0.638. The fourth-order valence-electron chi connectivity index (χ4n) is 2.09. The number of rotatable bonds is 5. The van der Waals surface area contributed by atoms with Gasteiger partial charge in [0.05, 0.1) is 28.1 Å². The molecule has 0 fully saturated rings. The van der Waals surface area contributed by atoms with E-state index >= 15 is 0 Å². The van der Waals surface area contributed by atoms with Crippen LogP contribution in [0.15, 0.2) is 41.3 Å². The van der Waals surface area contributed by atoms with E-state index < -0.39 is 10.8 Å². The number of ether oxygens (including phenoxy) is 1. The largest absolute Gasteiger partial charge is 0.494 e. The Labute approximate surface area is 128 Å². The Morgan fingerprint density at radius 3 is 2.52 bits per heavy atom. The van der Waals surface area contributed by atoms with Gasteiger partial charge in [-0.15, -0.1) is 0 Å². The molecule has 1 atom stereocenters. The van der Waals surface area contributed by atoms with E-state index in [-0.39, 0.29) is 0 Å². The van der Waals surface area contributed by atoms with Crippen molar-refractivity contribution in [2.75, 3.05) is 12.3 Å². The minimum atomic E-state index is -1.18. The highest BCUT2D eigenvalue weighted by molar-refractivity contribution is 7.84. The van der Waals surface area contributed by atoms with Gasteiger partial charge < -0.3 is 10.5 Å². The Hall–Kier alpha value is -1.81. The fraction of sp³-hybridized carbons (Fsp3) is 0.294. The molecule has 0 spiro atoms. The van der Waals surface area contributed by atoms with Gasteiger partial charge in [-0.3, -0.25) is 4.21 Å². The molecule has 0 aliphatic carbocycles. The van der Waals surface area contributed by atoms with E-state index in [0.717, 1.165) is 5.56 Å². The van der Waals surface area contributed by atoms with Crippen LogP contribution in [0.4, 0.5) is 5.69 Å². The van der Waals surface area contributed by atoms with Crippen molar-refractivity contribution in [3.63, 3.8) is 0 Å². The predicted octanol–water partition coefficient (Wildman–Crippen LogP) is 3.59. The van der Waals surface area contributed by atoms with Crippen molar-refractivity contribution in [2.45, 2.75) is 31.4 Å². The second kappa shape index (κ2) is 6.76. The number of aryl methyl sites for hydroxylation is 2. The smallest absolute Gasteiger partial charge is 0.120 e. The minimum absolute atomic E-state index is 0.459. The van der Waals surface area contributed by atoms with Crippen molar-refractivity contribution in [1.82, 2.24) is 0 Å². The van der Waals surface area contributed by atoms with E-state index in [2.05, 4.69) is 26.0 Å². The minimum Gasteiger partial charge on any atom is -0.494 e. The van der Waals surface area contributed by atoms with E-state index in [0.29, 0.717) is 28.7 Å². The molecule has 112 valence electrons. The summed E-state index contributed by atoms with van der Waals surface area (Å²) in [6.07, 6.45) is 0. The molecule has 4 heteroatoms. The van der Waals surface area contributed by atoms with Gasteiger partial charge in [-0.25, -0.2) is 0 Å². The van der Waals surface area contributed by atoms with Gasteiger partial charge in [0.1, 0.15) is 5.75 Å². The van der Waals surface area contributed by atoms with Gasteiger partial charge in [0.25, 0.3) is 0 Å². The van der Waals surface area contributed by atoms with Gasteiger partial charge in [0, 0.05) is 5.69 Å². The normalized spacial score (nSPS) is 12.1. The molecule has 21 heavy (non-hydrogen) atoms. The Morgan fingerprint density at radius 2 is 1.86 bits per heavy atom. The second-order valence-corrected chi connectivity index (χ2v) is 6.46. The zero-order valence-corrected chi connectivity index (χ0v) is 13.5. The highest BCUT2D eigenvalue weighted by Crippen LogP contribution is 2.25. The van der Waals surface area contributed by atoms with Crippen LogP contribution in [0.2, 0.25) is 0 Å². The third-order valence-corrected chi connectivity index (χ3v) is 4.85. The lowest BCUT2D eigenvalue weighted by Crippen LogP contribution is -2.02. The summed E-state index contributed by atoms with van der Waals surface area (Å²) in [5.41, 5.74) is 9.99. The first-order valence-electron chi connectivity index (χ1n) is 6.98. The number of nitrogen functional groups attached to an aromatic ring is 1. The SMILES string of the molecule is CCOc1ccc(N)c(S(=O)Cc2ccc(C)c(C)c2)c1. The van der Waals surface area contributed by atoms with E-state index in [1.165, 1.54) is 11.1 Å². The third-order valence-electron chi connectivity index (χ3n) is 3.41. The highest BCUT2D eigenvalue weighted by atomic mass is 32.2. The van der Waals surface area contributed by atoms with Crippen LogP contribution < -0.4 is 10.5 Å². The Morgan fingerprint density at radius 1 is 1.10 bits per heavy atom. The van der Waals surface area contributed by atoms with E-state index in [4.69, 9.17) is 10.5 Å². The number of hydrogen-bond donors (Lipinski definition) is 1. The van der Waals surface area contributed by atoms with Gasteiger partial charge in [-0.1, -0.05) is 18.2 Å². The number of hydrogen-bond acceptors (Lipinski definition) is 3. The van der Waals surface area contributed by atoms with Gasteiger partial charge in [0.2, 0.25) is 0 Å². The lowest BCUT2D eigenvalue weighted by molar-refractivity contribution is 0.339. The molecule has 1 unspecified atom stereocenters. The Kier molecular flexibility index (Phi) is 5.02. The average Bonchev–Trinajstić information content (AvgIpc) is 2.45. The molecule has 2 N–H and O–H groups in total. The van der Waals surface area contributed by atoms with Crippen molar-refractivity contribution < 1.29 is 8.95 Å². The monoisotopic (exact) mass is 303 g/mol. The molecule has 0 aromatic heterocycles. The molecule has 2 aromatic carbocycles. The molecule has 0 aliphatic heterocycles. The average molecular weight is 303 g/mol. The van der Waals surface area contributed by atoms with Crippen LogP contribution >= 0.6 is 0 Å². The molecule has 0 saturated carbocycles. The van der Waals surface area contributed by atoms with Crippen LogP contribution in [-0.2, 0) is 16.6 Å². The molecule has 2 rings (SSSR count). The molecule has 0 saturated heterocycles. The van der Waals surface area contributed by atoms with E-state index in [9.17, 15) is 4.21 Å². The Bertz CT molecular complexity index is 668. The summed E-state index contributed by atoms with van der Waals surface area (Å²) in [7, 11) is -1.18. The first-order valence-corrected chi connectivity index (χ1v) is 8.30. The summed E-state index contributed by atoms with van der Waals surface area (Å²) < 4.78 is 18.0. The van der Waals surface area contributed by atoms with Gasteiger partial charge in [-0.05, 0) is 55.7 Å². The molecule has 0 heterocycles. The summed E-state index contributed by atoms with van der Waals surface area (Å²) in [6, 6.07) is 11.5. The predicted molar refractivity (Wildman–Crippen MR) is 88.1 cm³/mol. The Balaban J connectivity index is 2.23. The third kappa shape index (κ3) is 3.85. The zero-order valence-electron chi connectivity index (χ0n) is 12.7. The van der Waals surface area contributed by atoms with Crippen LogP contribution in [-0.4, -0.2) is 10.8 Å². The molecular weight excluding hydrogens is 282 g/mol. The van der Waals surface area contributed by atoms with Crippen molar-refractivity contribution in [3.05, 3.63) is 53.1 Å². The van der Waals surface area contributed by atoms with Crippen LogP contribution in [0.3, 0.4) is 0 Å². The van der Waals surface area contributed by atoms with Crippen molar-refractivity contribution in [2.24, 2.45) is 0 Å². The zero-order chi connectivity index (χ0) is 15.4. The van der Waals surface area contributed by atoms with E-state index in [1.807, 2.05) is 13.0 Å². The van der Waals surface area contributed by atoms with Crippen molar-refractivity contribution >= 4 is 16.5 Å². The van der Waals surface area contributed by atoms with Gasteiger partial charge in [-0.2, -0.15) is 0 Å². The standard InChI is InChI=1S/C17H21NO2S/c1-4-20-15-7-8-16(18)17(10-15)21(19)11-14-6-5-12(2)13(3)9-14/h5-10H,4,11,18H2,1-3H3. The molecule has 0 aliphatic rings. The highest BCUT2D eigenvalue weighted by Gasteiger charge is 2.11. The van der Waals surface area contributed by atoms with Crippen LogP contribution in [0.5, 0.6) is 5.75 Å². The quantitative estimate of drug-likeness (QED) is 0.859. The van der Waals surface area contributed by atoms with Gasteiger partial charge >= 0.3 is 0 Å². The van der Waals surface area contributed by atoms with Crippen LogP contribution in [0.1, 0.15) is 23.6 Å². The number of anilines is 1. The molecule has 0 amide bonds. The maximum atomic E-state index is 12.6. The molecular formula is C17H21NO2S. The summed E-state index contributed by atoms with van der Waals surface area (Å²) >= 11 is 0. The topological polar surface area (TPSA) is 52.3 Å². The maximum Gasteiger partial charge on any atom is 0.120 e. The lowest BCUT2D eigenvalue weighted by Gasteiger charge is -2.10. The summed E-state index contributed by atoms with van der Waals surface area (Å²) in [5.74, 6) is 1.16. The van der Waals surface area contributed by atoms with Crippen LogP contribution in [0, 0.1) is 13.8 Å². The second-order valence-electron chi connectivity index (χ2n) is 5.04. The molecule has 3 nitrogen and oxygen atoms in total. The van der Waals surface area contributed by atoms with Crippen molar-refractivity contribution in [1.29, 1.82) is 0 Å². The first kappa shape index (κ1) is 15.6. The maximum absolute atomic E-state index is 12.6. The van der Waals surface area contributed by atoms with Crippen molar-refractivity contribution in [3.8, 4) is 5.75 Å². The van der Waals surface area contributed by atoms with Crippen LogP contribution in [0.25, 0.3) is 0 Å². The lowest BCUT2D eigenvalue weighted by atomic mass is 10.1. The molecule has 0 radical (unpaired) electrons.